The van der Waals surface area contributed by atoms with Crippen LogP contribution in [0.3, 0.4) is 0 Å². The van der Waals surface area contributed by atoms with Gasteiger partial charge in [0, 0.05) is 47.5 Å². The van der Waals surface area contributed by atoms with Crippen molar-refractivity contribution in [1.82, 2.24) is 4.90 Å². The number of rotatable bonds is 1. The molecule has 2 aliphatic heterocycles. The first-order valence-corrected chi connectivity index (χ1v) is 8.35. The lowest BCUT2D eigenvalue weighted by Gasteiger charge is -2.39. The Labute approximate surface area is 128 Å². The van der Waals surface area contributed by atoms with Gasteiger partial charge in [0.2, 0.25) is 0 Å². The third-order valence-electron chi connectivity index (χ3n) is 5.01. The maximum Gasteiger partial charge on any atom is 0.126 e. The number of nitrogens with two attached hydrogens (primary N) is 1. The van der Waals surface area contributed by atoms with Crippen molar-refractivity contribution in [1.29, 1.82) is 0 Å². The minimum Gasteiger partial charge on any atom is -0.485 e. The van der Waals surface area contributed by atoms with Gasteiger partial charge in [-0.3, -0.25) is 4.90 Å². The lowest BCUT2D eigenvalue weighted by Crippen LogP contribution is -2.45. The molecule has 2 N–H and O–H groups in total. The second-order valence-electron chi connectivity index (χ2n) is 6.73. The highest BCUT2D eigenvalue weighted by Gasteiger charge is 2.51. The fourth-order valence-electron chi connectivity index (χ4n) is 4.01. The molecule has 1 spiro atoms. The average molecular weight is 337 g/mol. The Bertz CT molecular complexity index is 545. The Morgan fingerprint density at radius 3 is 2.90 bits per heavy atom. The number of hydrogen-bond donors (Lipinski definition) is 1. The molecule has 3 aliphatic rings. The number of benzene rings is 1. The molecule has 1 aromatic rings. The van der Waals surface area contributed by atoms with E-state index in [-0.39, 0.29) is 11.6 Å². The summed E-state index contributed by atoms with van der Waals surface area (Å²) in [5, 5.41) is 0. The molecule has 2 fully saturated rings. The van der Waals surface area contributed by atoms with E-state index in [0.29, 0.717) is 6.04 Å². The van der Waals surface area contributed by atoms with Crippen molar-refractivity contribution >= 4 is 15.9 Å². The van der Waals surface area contributed by atoms with E-state index in [1.54, 1.807) is 0 Å². The fourth-order valence-corrected chi connectivity index (χ4v) is 4.35. The standard InChI is InChI=1S/C16H21BrN2O/c1-10-7-16(9-19(10)12-3-4-12)8-14(18)13-5-2-11(17)6-15(13)20-16/h2,5-6,10,12,14H,3-4,7-9,18H2,1H3/t10?,14-,16?/m1/s1. The van der Waals surface area contributed by atoms with Crippen LogP contribution in [-0.2, 0) is 0 Å². The minimum atomic E-state index is -0.0742. The number of hydrogen-bond acceptors (Lipinski definition) is 3. The summed E-state index contributed by atoms with van der Waals surface area (Å²) < 4.78 is 7.52. The fraction of sp³-hybridized carbons (Fsp3) is 0.625. The number of fused-ring (bicyclic) bond motifs is 1. The van der Waals surface area contributed by atoms with Crippen LogP contribution in [0.15, 0.2) is 22.7 Å². The van der Waals surface area contributed by atoms with Crippen LogP contribution in [0, 0.1) is 0 Å². The first-order valence-electron chi connectivity index (χ1n) is 7.56. The van der Waals surface area contributed by atoms with Gasteiger partial charge < -0.3 is 10.5 Å². The second kappa shape index (κ2) is 4.46. The van der Waals surface area contributed by atoms with Crippen LogP contribution in [0.4, 0.5) is 0 Å². The molecule has 2 heterocycles. The minimum absolute atomic E-state index is 0.0742. The number of nitrogens with zero attached hydrogens (tertiary/aromatic N) is 1. The van der Waals surface area contributed by atoms with E-state index < -0.39 is 0 Å². The summed E-state index contributed by atoms with van der Waals surface area (Å²) in [5.74, 6) is 0.975. The first-order chi connectivity index (χ1) is 9.56. The molecule has 3 atom stereocenters. The summed E-state index contributed by atoms with van der Waals surface area (Å²) in [4.78, 5) is 2.63. The second-order valence-corrected chi connectivity index (χ2v) is 7.65. The molecule has 0 amide bonds. The summed E-state index contributed by atoms with van der Waals surface area (Å²) >= 11 is 3.53. The summed E-state index contributed by atoms with van der Waals surface area (Å²) in [7, 11) is 0. The Balaban J connectivity index is 1.65. The number of ether oxygens (including phenoxy) is 1. The highest BCUT2D eigenvalue weighted by atomic mass is 79.9. The van der Waals surface area contributed by atoms with Crippen molar-refractivity contribution in [3.63, 3.8) is 0 Å². The lowest BCUT2D eigenvalue weighted by atomic mass is 9.86. The zero-order chi connectivity index (χ0) is 13.9. The summed E-state index contributed by atoms with van der Waals surface area (Å²) in [5.41, 5.74) is 7.49. The zero-order valence-electron chi connectivity index (χ0n) is 11.8. The van der Waals surface area contributed by atoms with E-state index >= 15 is 0 Å². The molecular formula is C16H21BrN2O. The molecule has 1 aliphatic carbocycles. The van der Waals surface area contributed by atoms with E-state index in [9.17, 15) is 0 Å². The molecule has 1 saturated heterocycles. The van der Waals surface area contributed by atoms with E-state index in [1.807, 2.05) is 6.07 Å². The Kier molecular flexibility index (Phi) is 2.92. The van der Waals surface area contributed by atoms with Crippen molar-refractivity contribution in [2.75, 3.05) is 6.54 Å². The predicted molar refractivity (Wildman–Crippen MR) is 82.9 cm³/mol. The monoisotopic (exact) mass is 336 g/mol. The van der Waals surface area contributed by atoms with Crippen molar-refractivity contribution in [3.8, 4) is 5.75 Å². The maximum atomic E-state index is 6.46. The Morgan fingerprint density at radius 2 is 2.15 bits per heavy atom. The summed E-state index contributed by atoms with van der Waals surface area (Å²) in [6.45, 7) is 3.37. The van der Waals surface area contributed by atoms with Gasteiger partial charge in [0.25, 0.3) is 0 Å². The van der Waals surface area contributed by atoms with E-state index in [2.05, 4.69) is 39.9 Å². The molecule has 20 heavy (non-hydrogen) atoms. The van der Waals surface area contributed by atoms with Gasteiger partial charge in [0.15, 0.2) is 0 Å². The van der Waals surface area contributed by atoms with Crippen LogP contribution in [0.2, 0.25) is 0 Å². The largest absolute Gasteiger partial charge is 0.485 e. The Morgan fingerprint density at radius 1 is 1.35 bits per heavy atom. The van der Waals surface area contributed by atoms with E-state index in [4.69, 9.17) is 10.5 Å². The van der Waals surface area contributed by atoms with Gasteiger partial charge in [-0.05, 0) is 31.9 Å². The van der Waals surface area contributed by atoms with Crippen LogP contribution in [0.1, 0.15) is 44.2 Å². The van der Waals surface area contributed by atoms with E-state index in [1.165, 1.54) is 12.8 Å². The molecule has 0 radical (unpaired) electrons. The highest BCUT2D eigenvalue weighted by molar-refractivity contribution is 9.10. The molecule has 2 unspecified atom stereocenters. The predicted octanol–water partition coefficient (Wildman–Crippen LogP) is 3.23. The van der Waals surface area contributed by atoms with Gasteiger partial charge in [-0.15, -0.1) is 0 Å². The molecule has 0 bridgehead atoms. The third kappa shape index (κ3) is 2.09. The summed E-state index contributed by atoms with van der Waals surface area (Å²) in [6.07, 6.45) is 4.75. The van der Waals surface area contributed by atoms with Gasteiger partial charge in [-0.25, -0.2) is 0 Å². The first kappa shape index (κ1) is 13.1. The van der Waals surface area contributed by atoms with Crippen LogP contribution >= 0.6 is 15.9 Å². The molecular weight excluding hydrogens is 316 g/mol. The van der Waals surface area contributed by atoms with Crippen LogP contribution in [0.5, 0.6) is 5.75 Å². The molecule has 1 aromatic carbocycles. The molecule has 4 heteroatoms. The Hall–Kier alpha value is -0.580. The van der Waals surface area contributed by atoms with Crippen LogP contribution in [0.25, 0.3) is 0 Å². The summed E-state index contributed by atoms with van der Waals surface area (Å²) in [6, 6.07) is 7.72. The van der Waals surface area contributed by atoms with Crippen molar-refractivity contribution in [3.05, 3.63) is 28.2 Å². The number of halogens is 1. The highest BCUT2D eigenvalue weighted by Crippen LogP contribution is 2.47. The maximum absolute atomic E-state index is 6.46. The van der Waals surface area contributed by atoms with Gasteiger partial charge in [-0.1, -0.05) is 22.0 Å². The smallest absolute Gasteiger partial charge is 0.126 e. The molecule has 4 rings (SSSR count). The van der Waals surface area contributed by atoms with Crippen molar-refractivity contribution < 1.29 is 4.74 Å². The molecule has 1 saturated carbocycles. The van der Waals surface area contributed by atoms with Crippen molar-refractivity contribution in [2.45, 2.75) is 56.3 Å². The van der Waals surface area contributed by atoms with Crippen molar-refractivity contribution in [2.24, 2.45) is 5.73 Å². The van der Waals surface area contributed by atoms with Gasteiger partial charge in [-0.2, -0.15) is 0 Å². The van der Waals surface area contributed by atoms with Crippen LogP contribution in [-0.4, -0.2) is 29.1 Å². The SMILES string of the molecule is CC1CC2(C[C@@H](N)c3ccc(Br)cc3O2)CN1C1CC1. The third-order valence-corrected chi connectivity index (χ3v) is 5.51. The quantitative estimate of drug-likeness (QED) is 0.855. The van der Waals surface area contributed by atoms with Crippen LogP contribution < -0.4 is 10.5 Å². The number of likely N-dealkylation sites (tertiary alicyclic amines) is 1. The van der Waals surface area contributed by atoms with Gasteiger partial charge in [0.1, 0.15) is 11.4 Å². The molecule has 3 nitrogen and oxygen atoms in total. The van der Waals surface area contributed by atoms with E-state index in [0.717, 1.165) is 41.2 Å². The molecule has 108 valence electrons. The molecule has 0 aromatic heterocycles. The average Bonchev–Trinajstić information content (AvgIpc) is 3.15. The topological polar surface area (TPSA) is 38.5 Å². The normalized spacial score (nSPS) is 37.0. The van der Waals surface area contributed by atoms with Gasteiger partial charge in [0.05, 0.1) is 0 Å². The van der Waals surface area contributed by atoms with Gasteiger partial charge >= 0.3 is 0 Å². The zero-order valence-corrected chi connectivity index (χ0v) is 13.4. The lowest BCUT2D eigenvalue weighted by molar-refractivity contribution is 0.0432.